The van der Waals surface area contributed by atoms with Crippen LogP contribution in [-0.2, 0) is 11.3 Å². The number of hydrogen-bond acceptors (Lipinski definition) is 3. The molecule has 130 valence electrons. The number of para-hydroxylation sites is 2. The Morgan fingerprint density at radius 1 is 1.08 bits per heavy atom. The molecule has 26 heavy (non-hydrogen) atoms. The van der Waals surface area contributed by atoms with Crippen LogP contribution >= 0.6 is 0 Å². The lowest BCUT2D eigenvalue weighted by Crippen LogP contribution is -2.18. The summed E-state index contributed by atoms with van der Waals surface area (Å²) in [5, 5.41) is 6.78. The lowest BCUT2D eigenvalue weighted by atomic mass is 10.3. The molecule has 0 unspecified atom stereocenters. The van der Waals surface area contributed by atoms with Gasteiger partial charge in [-0.05, 0) is 24.3 Å². The Bertz CT molecular complexity index is 1080. The van der Waals surface area contributed by atoms with E-state index in [1.54, 1.807) is 17.0 Å². The number of amides is 1. The number of anilines is 1. The largest absolute Gasteiger partial charge is 0.321 e. The first-order chi connectivity index (χ1) is 12.6. The first-order valence-electron chi connectivity index (χ1n) is 7.80. The van der Waals surface area contributed by atoms with Crippen molar-refractivity contribution in [2.75, 3.05) is 5.32 Å². The van der Waals surface area contributed by atoms with E-state index in [4.69, 9.17) is 0 Å². The van der Waals surface area contributed by atoms with E-state index in [1.165, 1.54) is 10.9 Å². The highest BCUT2D eigenvalue weighted by Gasteiger charge is 2.10. The van der Waals surface area contributed by atoms with E-state index >= 15 is 0 Å². The normalized spacial score (nSPS) is 11.0. The maximum absolute atomic E-state index is 13.3. The minimum atomic E-state index is -0.701. The average molecular weight is 353 g/mol. The summed E-state index contributed by atoms with van der Waals surface area (Å²) in [5.74, 6) is -1.41. The van der Waals surface area contributed by atoms with Crippen molar-refractivity contribution in [3.63, 3.8) is 0 Å². The Kier molecular flexibility index (Phi) is 3.92. The molecule has 2 aromatic heterocycles. The monoisotopic (exact) mass is 353 g/mol. The zero-order chi connectivity index (χ0) is 18.1. The van der Waals surface area contributed by atoms with Gasteiger partial charge in [0, 0.05) is 18.3 Å². The van der Waals surface area contributed by atoms with Gasteiger partial charge in [0.1, 0.15) is 18.2 Å². The van der Waals surface area contributed by atoms with Crippen LogP contribution in [0.3, 0.4) is 0 Å². The molecule has 0 aliphatic carbocycles. The summed E-state index contributed by atoms with van der Waals surface area (Å²) in [6.45, 7) is 0.0714. The Labute approximate surface area is 146 Å². The van der Waals surface area contributed by atoms with Crippen molar-refractivity contribution in [3.05, 3.63) is 72.7 Å². The average Bonchev–Trinajstić information content (AvgIpc) is 3.22. The number of benzene rings is 2. The molecule has 0 fully saturated rings. The fourth-order valence-corrected chi connectivity index (χ4v) is 2.68. The Morgan fingerprint density at radius 2 is 1.85 bits per heavy atom. The number of imidazole rings is 1. The van der Waals surface area contributed by atoms with Crippen LogP contribution in [-0.4, -0.2) is 25.2 Å². The van der Waals surface area contributed by atoms with Crippen LogP contribution in [0, 0.1) is 11.6 Å². The van der Waals surface area contributed by atoms with E-state index in [1.807, 2.05) is 24.3 Å². The molecule has 1 amide bonds. The number of carbonyl (C=O) groups is 1. The number of fused-ring (bicyclic) bond motifs is 1. The number of aromatic nitrogens is 4. The molecular formula is C18H13F2N5O. The van der Waals surface area contributed by atoms with Gasteiger partial charge in [-0.3, -0.25) is 4.79 Å². The highest BCUT2D eigenvalue weighted by atomic mass is 19.1. The van der Waals surface area contributed by atoms with Crippen molar-refractivity contribution in [1.29, 1.82) is 0 Å². The molecule has 6 nitrogen and oxygen atoms in total. The van der Waals surface area contributed by atoms with Gasteiger partial charge in [-0.25, -0.2) is 18.4 Å². The first kappa shape index (κ1) is 15.9. The summed E-state index contributed by atoms with van der Waals surface area (Å²) in [5.41, 5.74) is 1.88. The summed E-state index contributed by atoms with van der Waals surface area (Å²) >= 11 is 0. The van der Waals surface area contributed by atoms with Gasteiger partial charge in [-0.2, -0.15) is 5.10 Å². The summed E-state index contributed by atoms with van der Waals surface area (Å²) in [7, 11) is 0. The van der Waals surface area contributed by atoms with Gasteiger partial charge in [0.25, 0.3) is 0 Å². The Morgan fingerprint density at radius 3 is 2.65 bits per heavy atom. The SMILES string of the molecule is O=C(Cn1cnc2ccccc21)Nc1ccn(-c2cc(F)cc(F)c2)n1. The van der Waals surface area contributed by atoms with Crippen LogP contribution in [0.15, 0.2) is 61.1 Å². The van der Waals surface area contributed by atoms with Gasteiger partial charge >= 0.3 is 0 Å². The van der Waals surface area contributed by atoms with Gasteiger partial charge in [0.2, 0.25) is 5.91 Å². The fraction of sp³-hybridized carbons (Fsp3) is 0.0556. The number of rotatable bonds is 4. The molecule has 0 atom stereocenters. The summed E-state index contributed by atoms with van der Waals surface area (Å²) in [6.07, 6.45) is 3.11. The predicted octanol–water partition coefficient (Wildman–Crippen LogP) is 3.14. The highest BCUT2D eigenvalue weighted by Crippen LogP contribution is 2.15. The summed E-state index contributed by atoms with van der Waals surface area (Å²) in [6, 6.07) is 12.1. The van der Waals surface area contributed by atoms with E-state index in [9.17, 15) is 13.6 Å². The van der Waals surface area contributed by atoms with Gasteiger partial charge in [-0.15, -0.1) is 0 Å². The molecule has 0 saturated heterocycles. The number of hydrogen-bond donors (Lipinski definition) is 1. The summed E-state index contributed by atoms with van der Waals surface area (Å²) in [4.78, 5) is 16.5. The first-order valence-corrected chi connectivity index (χ1v) is 7.80. The van der Waals surface area contributed by atoms with Crippen LogP contribution in [0.2, 0.25) is 0 Å². The Balaban J connectivity index is 1.49. The topological polar surface area (TPSA) is 64.7 Å². The van der Waals surface area contributed by atoms with Crippen molar-refractivity contribution in [2.24, 2.45) is 0 Å². The molecule has 0 spiro atoms. The van der Waals surface area contributed by atoms with Crippen molar-refractivity contribution >= 4 is 22.8 Å². The van der Waals surface area contributed by atoms with Gasteiger partial charge in [-0.1, -0.05) is 12.1 Å². The number of halogens is 2. The molecule has 0 bridgehead atoms. The van der Waals surface area contributed by atoms with Crippen LogP contribution in [0.25, 0.3) is 16.7 Å². The molecule has 0 aliphatic heterocycles. The summed E-state index contributed by atoms with van der Waals surface area (Å²) < 4.78 is 29.6. The second kappa shape index (κ2) is 6.40. The quantitative estimate of drug-likeness (QED) is 0.613. The second-order valence-corrected chi connectivity index (χ2v) is 5.68. The van der Waals surface area contributed by atoms with E-state index in [-0.39, 0.29) is 24.0 Å². The predicted molar refractivity (Wildman–Crippen MR) is 91.8 cm³/mol. The van der Waals surface area contributed by atoms with Crippen LogP contribution < -0.4 is 5.32 Å². The Hall–Kier alpha value is -3.55. The molecule has 2 aromatic carbocycles. The molecule has 4 rings (SSSR count). The number of nitrogens with zero attached hydrogens (tertiary/aromatic N) is 4. The van der Waals surface area contributed by atoms with E-state index < -0.39 is 11.6 Å². The van der Waals surface area contributed by atoms with Crippen LogP contribution in [0.4, 0.5) is 14.6 Å². The number of nitrogens with one attached hydrogen (secondary N) is 1. The third-order valence-electron chi connectivity index (χ3n) is 3.81. The van der Waals surface area contributed by atoms with Crippen molar-refractivity contribution < 1.29 is 13.6 Å². The molecule has 4 aromatic rings. The molecular weight excluding hydrogens is 340 g/mol. The smallest absolute Gasteiger partial charge is 0.245 e. The van der Waals surface area contributed by atoms with Gasteiger partial charge in [0.15, 0.2) is 5.82 Å². The molecule has 8 heteroatoms. The van der Waals surface area contributed by atoms with E-state index in [0.29, 0.717) is 0 Å². The second-order valence-electron chi connectivity index (χ2n) is 5.68. The van der Waals surface area contributed by atoms with E-state index in [2.05, 4.69) is 15.4 Å². The van der Waals surface area contributed by atoms with Crippen LogP contribution in [0.1, 0.15) is 0 Å². The zero-order valence-corrected chi connectivity index (χ0v) is 13.4. The van der Waals surface area contributed by atoms with Crippen molar-refractivity contribution in [3.8, 4) is 5.69 Å². The molecule has 1 N–H and O–H groups in total. The third-order valence-corrected chi connectivity index (χ3v) is 3.81. The minimum Gasteiger partial charge on any atom is -0.321 e. The maximum atomic E-state index is 13.3. The highest BCUT2D eigenvalue weighted by molar-refractivity contribution is 5.90. The molecule has 2 heterocycles. The number of carbonyl (C=O) groups excluding carboxylic acids is 1. The van der Waals surface area contributed by atoms with Crippen LogP contribution in [0.5, 0.6) is 0 Å². The van der Waals surface area contributed by atoms with Crippen molar-refractivity contribution in [1.82, 2.24) is 19.3 Å². The minimum absolute atomic E-state index is 0.0714. The van der Waals surface area contributed by atoms with Gasteiger partial charge in [0.05, 0.1) is 23.0 Å². The molecule has 0 saturated carbocycles. The standard InChI is InChI=1S/C18H13F2N5O/c19-12-7-13(20)9-14(8-12)25-6-5-17(23-25)22-18(26)10-24-11-21-15-3-1-2-4-16(15)24/h1-9,11H,10H2,(H,22,23,26). The van der Waals surface area contributed by atoms with Crippen molar-refractivity contribution in [2.45, 2.75) is 6.54 Å². The maximum Gasteiger partial charge on any atom is 0.245 e. The fourth-order valence-electron chi connectivity index (χ4n) is 2.68. The van der Waals surface area contributed by atoms with Gasteiger partial charge < -0.3 is 9.88 Å². The zero-order valence-electron chi connectivity index (χ0n) is 13.4. The third kappa shape index (κ3) is 3.16. The molecule has 0 radical (unpaired) electrons. The van der Waals surface area contributed by atoms with E-state index in [0.717, 1.165) is 29.2 Å². The molecule has 0 aliphatic rings. The lowest BCUT2D eigenvalue weighted by molar-refractivity contribution is -0.116. The lowest BCUT2D eigenvalue weighted by Gasteiger charge is -2.05.